The highest BCUT2D eigenvalue weighted by Crippen LogP contribution is 2.40. The lowest BCUT2D eigenvalue weighted by atomic mass is 9.90. The van der Waals surface area contributed by atoms with Crippen molar-refractivity contribution in [3.63, 3.8) is 0 Å². The van der Waals surface area contributed by atoms with Gasteiger partial charge in [0.25, 0.3) is 0 Å². The summed E-state index contributed by atoms with van der Waals surface area (Å²) in [5, 5.41) is 0. The minimum absolute atomic E-state index is 0.356. The van der Waals surface area contributed by atoms with Gasteiger partial charge in [-0.3, -0.25) is 0 Å². The van der Waals surface area contributed by atoms with Gasteiger partial charge < -0.3 is 9.47 Å². The van der Waals surface area contributed by atoms with Crippen molar-refractivity contribution in [3.05, 3.63) is 83.9 Å². The molecule has 4 rings (SSSR count). The van der Waals surface area contributed by atoms with Crippen LogP contribution in [0.3, 0.4) is 0 Å². The van der Waals surface area contributed by atoms with Crippen LogP contribution in [-0.4, -0.2) is 13.1 Å². The summed E-state index contributed by atoms with van der Waals surface area (Å²) in [6.45, 7) is 0.356. The van der Waals surface area contributed by atoms with E-state index in [9.17, 15) is 4.79 Å². The molecule has 3 heteroatoms. The third-order valence-electron chi connectivity index (χ3n) is 4.60. The van der Waals surface area contributed by atoms with Crippen LogP contribution >= 0.6 is 0 Å². The molecule has 0 radical (unpaired) electrons. The molecule has 3 aromatic carbocycles. The number of fused-ring (bicyclic) bond motifs is 3. The summed E-state index contributed by atoms with van der Waals surface area (Å²) in [4.78, 5) is 12.2. The zero-order valence-corrected chi connectivity index (χ0v) is 13.9. The number of methoxy groups -OCH3 is 1. The van der Waals surface area contributed by atoms with Crippen LogP contribution in [0.15, 0.2) is 72.8 Å². The Labute approximate surface area is 146 Å². The molecule has 124 valence electrons. The maximum Gasteiger partial charge on any atom is 0.339 e. The van der Waals surface area contributed by atoms with E-state index in [2.05, 4.69) is 30.3 Å². The first kappa shape index (κ1) is 15.6. The number of carbonyl (C=O) groups excluding carboxylic acids is 1. The lowest BCUT2D eigenvalue weighted by molar-refractivity contribution is -0.155. The zero-order valence-electron chi connectivity index (χ0n) is 13.9. The van der Waals surface area contributed by atoms with Crippen molar-refractivity contribution in [2.75, 3.05) is 7.11 Å². The quantitative estimate of drug-likeness (QED) is 0.635. The molecule has 0 aliphatic carbocycles. The highest BCUT2D eigenvalue weighted by atomic mass is 16.6. The monoisotopic (exact) mass is 330 g/mol. The van der Waals surface area contributed by atoms with E-state index < -0.39 is 6.10 Å². The second-order valence-corrected chi connectivity index (χ2v) is 6.00. The van der Waals surface area contributed by atoms with Gasteiger partial charge in [-0.05, 0) is 33.4 Å². The molecule has 1 unspecified atom stereocenters. The van der Waals surface area contributed by atoms with E-state index in [1.165, 1.54) is 7.11 Å². The summed E-state index contributed by atoms with van der Waals surface area (Å²) < 4.78 is 10.9. The molecule has 0 bridgehead atoms. The van der Waals surface area contributed by atoms with E-state index in [4.69, 9.17) is 9.47 Å². The maximum atomic E-state index is 12.2. The maximum absolute atomic E-state index is 12.2. The normalized spacial score (nSPS) is 15.6. The van der Waals surface area contributed by atoms with Crippen LogP contribution < -0.4 is 0 Å². The van der Waals surface area contributed by atoms with Crippen molar-refractivity contribution in [1.29, 1.82) is 0 Å². The van der Waals surface area contributed by atoms with E-state index in [1.54, 1.807) is 0 Å². The topological polar surface area (TPSA) is 35.5 Å². The molecule has 1 aliphatic rings. The standard InChI is InChI=1S/C22H18O3/c1-24-22(23)21-19-11-6-5-10-17(19)18-13-7-12-16(20(18)14-25-21)15-8-3-2-4-9-15/h2-13,21H,14H2,1H3. The molecule has 0 saturated heterocycles. The van der Waals surface area contributed by atoms with E-state index >= 15 is 0 Å². The fourth-order valence-corrected chi connectivity index (χ4v) is 3.41. The Morgan fingerprint density at radius 2 is 1.56 bits per heavy atom. The van der Waals surface area contributed by atoms with Gasteiger partial charge >= 0.3 is 5.97 Å². The number of esters is 1. The van der Waals surface area contributed by atoms with Crippen LogP contribution in [0.25, 0.3) is 22.3 Å². The minimum atomic E-state index is -0.711. The molecule has 1 aliphatic heterocycles. The van der Waals surface area contributed by atoms with E-state index in [0.29, 0.717) is 6.61 Å². The largest absolute Gasteiger partial charge is 0.467 e. The molecule has 1 heterocycles. The van der Waals surface area contributed by atoms with Crippen LogP contribution in [0.1, 0.15) is 17.2 Å². The SMILES string of the molecule is COC(=O)C1OCc2c(-c3ccccc3)cccc2-c2ccccc21. The second kappa shape index (κ2) is 6.54. The van der Waals surface area contributed by atoms with Crippen molar-refractivity contribution < 1.29 is 14.3 Å². The predicted molar refractivity (Wildman–Crippen MR) is 96.9 cm³/mol. The zero-order chi connectivity index (χ0) is 17.2. The van der Waals surface area contributed by atoms with Gasteiger partial charge in [-0.25, -0.2) is 4.79 Å². The third-order valence-corrected chi connectivity index (χ3v) is 4.60. The second-order valence-electron chi connectivity index (χ2n) is 6.00. The third kappa shape index (κ3) is 2.73. The number of rotatable bonds is 2. The lowest BCUT2D eigenvalue weighted by Crippen LogP contribution is -2.17. The smallest absolute Gasteiger partial charge is 0.339 e. The van der Waals surface area contributed by atoms with E-state index in [0.717, 1.165) is 33.4 Å². The Morgan fingerprint density at radius 3 is 2.36 bits per heavy atom. The van der Waals surface area contributed by atoms with E-state index in [-0.39, 0.29) is 5.97 Å². The van der Waals surface area contributed by atoms with Gasteiger partial charge in [0.2, 0.25) is 0 Å². The molecule has 25 heavy (non-hydrogen) atoms. The number of hydrogen-bond acceptors (Lipinski definition) is 3. The van der Waals surface area contributed by atoms with Crippen molar-refractivity contribution in [3.8, 4) is 22.3 Å². The fraction of sp³-hybridized carbons (Fsp3) is 0.136. The predicted octanol–water partition coefficient (Wildman–Crippen LogP) is 4.76. The lowest BCUT2D eigenvalue weighted by Gasteiger charge is -2.15. The van der Waals surface area contributed by atoms with Gasteiger partial charge in [-0.1, -0.05) is 72.8 Å². The van der Waals surface area contributed by atoms with Crippen molar-refractivity contribution >= 4 is 5.97 Å². The van der Waals surface area contributed by atoms with Crippen LogP contribution in [0, 0.1) is 0 Å². The molecule has 0 fully saturated rings. The van der Waals surface area contributed by atoms with Gasteiger partial charge in [-0.15, -0.1) is 0 Å². The van der Waals surface area contributed by atoms with Gasteiger partial charge in [0.1, 0.15) is 0 Å². The van der Waals surface area contributed by atoms with Crippen LogP contribution in [0.2, 0.25) is 0 Å². The molecule has 0 N–H and O–H groups in total. The molecular weight excluding hydrogens is 312 g/mol. The first-order valence-electron chi connectivity index (χ1n) is 8.25. The summed E-state index contributed by atoms with van der Waals surface area (Å²) in [7, 11) is 1.39. The summed E-state index contributed by atoms with van der Waals surface area (Å²) in [6, 6.07) is 24.3. The minimum Gasteiger partial charge on any atom is -0.467 e. The molecule has 0 spiro atoms. The molecular formula is C22H18O3. The Bertz CT molecular complexity index is 916. The molecule has 0 saturated carbocycles. The van der Waals surface area contributed by atoms with Crippen LogP contribution in [0.4, 0.5) is 0 Å². The van der Waals surface area contributed by atoms with E-state index in [1.807, 2.05) is 42.5 Å². The van der Waals surface area contributed by atoms with Gasteiger partial charge in [0.15, 0.2) is 6.10 Å². The van der Waals surface area contributed by atoms with Crippen molar-refractivity contribution in [1.82, 2.24) is 0 Å². The Balaban J connectivity index is 1.92. The first-order chi connectivity index (χ1) is 12.3. The number of benzene rings is 3. The highest BCUT2D eigenvalue weighted by Gasteiger charge is 2.29. The molecule has 0 aromatic heterocycles. The van der Waals surface area contributed by atoms with Crippen molar-refractivity contribution in [2.24, 2.45) is 0 Å². The van der Waals surface area contributed by atoms with Crippen LogP contribution in [0.5, 0.6) is 0 Å². The summed E-state index contributed by atoms with van der Waals surface area (Å²) in [5.41, 5.74) is 6.31. The number of carbonyl (C=O) groups is 1. The fourth-order valence-electron chi connectivity index (χ4n) is 3.41. The summed E-state index contributed by atoms with van der Waals surface area (Å²) in [6.07, 6.45) is -0.711. The van der Waals surface area contributed by atoms with Crippen molar-refractivity contribution in [2.45, 2.75) is 12.7 Å². The molecule has 1 atom stereocenters. The number of ether oxygens (including phenoxy) is 2. The number of hydrogen-bond donors (Lipinski definition) is 0. The molecule has 3 nitrogen and oxygen atoms in total. The average molecular weight is 330 g/mol. The van der Waals surface area contributed by atoms with Gasteiger partial charge in [0, 0.05) is 0 Å². The summed E-state index contributed by atoms with van der Waals surface area (Å²) in [5.74, 6) is -0.374. The Kier molecular flexibility index (Phi) is 4.08. The molecule has 0 amide bonds. The van der Waals surface area contributed by atoms with Crippen LogP contribution in [-0.2, 0) is 20.9 Å². The Hall–Kier alpha value is -2.91. The summed E-state index contributed by atoms with van der Waals surface area (Å²) >= 11 is 0. The van der Waals surface area contributed by atoms with Gasteiger partial charge in [0.05, 0.1) is 13.7 Å². The Morgan fingerprint density at radius 1 is 0.880 bits per heavy atom. The molecule has 3 aromatic rings. The van der Waals surface area contributed by atoms with Gasteiger partial charge in [-0.2, -0.15) is 0 Å². The first-order valence-corrected chi connectivity index (χ1v) is 8.25. The highest BCUT2D eigenvalue weighted by molar-refractivity contribution is 5.85. The average Bonchev–Trinajstić information content (AvgIpc) is 2.85.